The van der Waals surface area contributed by atoms with Crippen molar-refractivity contribution in [2.24, 2.45) is 5.73 Å². The van der Waals surface area contributed by atoms with Crippen LogP contribution in [0.4, 0.5) is 0 Å². The summed E-state index contributed by atoms with van der Waals surface area (Å²) in [6, 6.07) is 0. The van der Waals surface area contributed by atoms with Gasteiger partial charge in [0.2, 0.25) is 0 Å². The van der Waals surface area contributed by atoms with Gasteiger partial charge in [-0.05, 0) is 70.6 Å². The first kappa shape index (κ1) is 49.4. The van der Waals surface area contributed by atoms with Crippen LogP contribution in [0, 0.1) is 0 Å². The van der Waals surface area contributed by atoms with Gasteiger partial charge < -0.3 is 25.2 Å². The van der Waals surface area contributed by atoms with Crippen LogP contribution >= 0.6 is 7.82 Å². The molecular weight excluding hydrogens is 681 g/mol. The predicted octanol–water partition coefficient (Wildman–Crippen LogP) is 9.68. The van der Waals surface area contributed by atoms with Crippen molar-refractivity contribution in [1.82, 2.24) is 0 Å². The molecule has 0 aromatic carbocycles. The van der Waals surface area contributed by atoms with Gasteiger partial charge in [-0.1, -0.05) is 125 Å². The number of carbonyl (C=O) groups is 2. The smallest absolute Gasteiger partial charge is 0.462 e. The lowest BCUT2D eigenvalue weighted by molar-refractivity contribution is -0.161. The number of aliphatic hydroxyl groups is 1. The molecule has 0 rings (SSSR count). The summed E-state index contributed by atoms with van der Waals surface area (Å²) in [7, 11) is -4.40. The lowest BCUT2D eigenvalue weighted by Gasteiger charge is -2.19. The van der Waals surface area contributed by atoms with Crippen molar-refractivity contribution in [2.75, 3.05) is 26.4 Å². The minimum Gasteiger partial charge on any atom is -0.462 e. The van der Waals surface area contributed by atoms with Crippen LogP contribution in [0.15, 0.2) is 72.9 Å². The first-order chi connectivity index (χ1) is 25.2. The number of aliphatic hydroxyl groups excluding tert-OH is 1. The predicted molar refractivity (Wildman–Crippen MR) is 212 cm³/mol. The van der Waals surface area contributed by atoms with E-state index in [0.29, 0.717) is 19.3 Å². The van der Waals surface area contributed by atoms with E-state index < -0.39 is 38.6 Å². The second-order valence-electron chi connectivity index (χ2n) is 12.6. The number of nitrogens with two attached hydrogens (primary N) is 1. The fourth-order valence-electron chi connectivity index (χ4n) is 4.80. The van der Waals surface area contributed by atoms with Crippen molar-refractivity contribution in [3.8, 4) is 0 Å². The first-order valence-electron chi connectivity index (χ1n) is 19.5. The van der Waals surface area contributed by atoms with E-state index >= 15 is 0 Å². The van der Waals surface area contributed by atoms with Gasteiger partial charge in [0.05, 0.1) is 19.3 Å². The van der Waals surface area contributed by atoms with Crippen LogP contribution in [0.25, 0.3) is 0 Å². The summed E-state index contributed by atoms with van der Waals surface area (Å²) < 4.78 is 32.6. The second-order valence-corrected chi connectivity index (χ2v) is 14.0. The Bertz CT molecular complexity index is 1100. The van der Waals surface area contributed by atoms with Crippen molar-refractivity contribution in [2.45, 2.75) is 148 Å². The number of hydrogen-bond donors (Lipinski definition) is 3. The van der Waals surface area contributed by atoms with Crippen LogP contribution in [-0.4, -0.2) is 60.5 Å². The molecule has 52 heavy (non-hydrogen) atoms. The van der Waals surface area contributed by atoms with E-state index in [1.54, 1.807) is 6.08 Å². The maximum atomic E-state index is 12.5. The third-order valence-corrected chi connectivity index (χ3v) is 8.65. The molecule has 0 bridgehead atoms. The monoisotopic (exact) mass is 751 g/mol. The third-order valence-electron chi connectivity index (χ3n) is 7.67. The number of allylic oxidation sites excluding steroid dienone is 10. The Labute approximate surface area is 314 Å². The molecule has 2 unspecified atom stereocenters. The van der Waals surface area contributed by atoms with Crippen LogP contribution in [0.2, 0.25) is 0 Å². The third kappa shape index (κ3) is 35.8. The molecule has 11 heteroatoms. The van der Waals surface area contributed by atoms with Crippen LogP contribution in [-0.2, 0) is 32.7 Å². The van der Waals surface area contributed by atoms with Gasteiger partial charge in [0, 0.05) is 19.4 Å². The summed E-state index contributed by atoms with van der Waals surface area (Å²) in [6.45, 7) is 3.31. The lowest BCUT2D eigenvalue weighted by Crippen LogP contribution is -2.29. The quantitative estimate of drug-likeness (QED) is 0.0187. The topological polar surface area (TPSA) is 155 Å². The highest BCUT2D eigenvalue weighted by molar-refractivity contribution is 7.47. The summed E-state index contributed by atoms with van der Waals surface area (Å²) in [5, 5.41) is 9.85. The summed E-state index contributed by atoms with van der Waals surface area (Å²) in [4.78, 5) is 34.8. The molecular formula is C41H70NO9P. The van der Waals surface area contributed by atoms with Crippen LogP contribution in [0.3, 0.4) is 0 Å². The van der Waals surface area contributed by atoms with Crippen molar-refractivity contribution in [3.63, 3.8) is 0 Å². The molecule has 0 radical (unpaired) electrons. The maximum Gasteiger partial charge on any atom is 0.472 e. The first-order valence-corrected chi connectivity index (χ1v) is 21.0. The summed E-state index contributed by atoms with van der Waals surface area (Å²) in [5.74, 6) is -0.911. The average Bonchev–Trinajstić information content (AvgIpc) is 3.12. The number of rotatable bonds is 35. The van der Waals surface area contributed by atoms with Crippen molar-refractivity contribution in [3.05, 3.63) is 72.9 Å². The molecule has 298 valence electrons. The van der Waals surface area contributed by atoms with Gasteiger partial charge in [-0.3, -0.25) is 18.6 Å². The standard InChI is InChI=1S/C41H70NO9P/c1-3-5-7-8-9-10-11-12-13-14-15-18-21-24-28-32-40(44)48-36-39(37-50-52(46,47)49-35-34-42)51-41(45)33-29-25-22-19-16-17-20-23-27-31-38(43)30-26-6-4-2/h5-7,9-10,12-13,20,23,26-27,31,38-39,43H,3-4,8,11,14-19,21-22,24-25,28-30,32-37,42H2,1-2H3,(H,46,47)/b7-5-,10-9-,13-12-,23-20+,26-6+,31-27+/t38?,39-/m1/s1. The fourth-order valence-corrected chi connectivity index (χ4v) is 5.57. The van der Waals surface area contributed by atoms with Gasteiger partial charge >= 0.3 is 19.8 Å². The average molecular weight is 752 g/mol. The van der Waals surface area contributed by atoms with Crippen LogP contribution in [0.5, 0.6) is 0 Å². The van der Waals surface area contributed by atoms with E-state index in [4.69, 9.17) is 24.3 Å². The number of carbonyl (C=O) groups excluding carboxylic acids is 2. The van der Waals surface area contributed by atoms with E-state index in [2.05, 4.69) is 56.4 Å². The molecule has 0 aliphatic carbocycles. The van der Waals surface area contributed by atoms with E-state index in [1.165, 1.54) is 0 Å². The molecule has 0 aliphatic rings. The number of phosphoric acid groups is 1. The van der Waals surface area contributed by atoms with Gasteiger partial charge in [0.15, 0.2) is 6.10 Å². The molecule has 0 aromatic rings. The van der Waals surface area contributed by atoms with Gasteiger partial charge in [0.25, 0.3) is 0 Å². The number of hydrogen-bond acceptors (Lipinski definition) is 9. The van der Waals surface area contributed by atoms with Crippen LogP contribution in [0.1, 0.15) is 136 Å². The highest BCUT2D eigenvalue weighted by Crippen LogP contribution is 2.43. The molecule has 0 saturated heterocycles. The largest absolute Gasteiger partial charge is 0.472 e. The van der Waals surface area contributed by atoms with Gasteiger partial charge in [-0.25, -0.2) is 4.57 Å². The zero-order valence-corrected chi connectivity index (χ0v) is 33.0. The van der Waals surface area contributed by atoms with Crippen molar-refractivity contribution in [1.29, 1.82) is 0 Å². The zero-order valence-electron chi connectivity index (χ0n) is 32.1. The Balaban J connectivity index is 4.33. The van der Waals surface area contributed by atoms with E-state index in [9.17, 15) is 24.2 Å². The van der Waals surface area contributed by atoms with E-state index in [1.807, 2.05) is 24.3 Å². The zero-order chi connectivity index (χ0) is 38.4. The molecule has 0 heterocycles. The summed E-state index contributed by atoms with van der Waals surface area (Å²) in [5.41, 5.74) is 5.33. The summed E-state index contributed by atoms with van der Waals surface area (Å²) in [6.07, 6.45) is 39.8. The number of ether oxygens (including phenoxy) is 2. The molecule has 10 nitrogen and oxygen atoms in total. The molecule has 0 aromatic heterocycles. The number of phosphoric ester groups is 1. The Hall–Kier alpha value is -2.59. The highest BCUT2D eigenvalue weighted by atomic mass is 31.2. The fraction of sp³-hybridized carbons (Fsp3) is 0.659. The van der Waals surface area contributed by atoms with Crippen LogP contribution < -0.4 is 5.73 Å². The normalized spacial score (nSPS) is 14.8. The highest BCUT2D eigenvalue weighted by Gasteiger charge is 2.25. The Morgan fingerprint density at radius 2 is 1.23 bits per heavy atom. The molecule has 0 aliphatic heterocycles. The van der Waals surface area contributed by atoms with E-state index in [0.717, 1.165) is 89.9 Å². The Kier molecular flexibility index (Phi) is 34.9. The van der Waals surface area contributed by atoms with Gasteiger partial charge in [-0.15, -0.1) is 0 Å². The van der Waals surface area contributed by atoms with Crippen molar-refractivity contribution < 1.29 is 42.7 Å². The Morgan fingerprint density at radius 1 is 0.673 bits per heavy atom. The lowest BCUT2D eigenvalue weighted by atomic mass is 10.1. The molecule has 0 fully saturated rings. The molecule has 3 atom stereocenters. The second kappa shape index (κ2) is 36.8. The molecule has 0 saturated carbocycles. The number of esters is 2. The Morgan fingerprint density at radius 3 is 1.88 bits per heavy atom. The van der Waals surface area contributed by atoms with Gasteiger partial charge in [-0.2, -0.15) is 0 Å². The van der Waals surface area contributed by atoms with Gasteiger partial charge in [0.1, 0.15) is 6.61 Å². The minimum absolute atomic E-state index is 0.0346. The molecule has 4 N–H and O–H groups in total. The maximum absolute atomic E-state index is 12.5. The molecule has 0 spiro atoms. The SMILES string of the molecule is CC/C=C\C/C=C\C/C=C\CCCCCCCC(=O)OC[C@H](COP(=O)(O)OCCN)OC(=O)CCCCCCC/C=C/C=C/C(O)C/C=C/CC. The number of unbranched alkanes of at least 4 members (excludes halogenated alkanes) is 10. The molecule has 0 amide bonds. The summed E-state index contributed by atoms with van der Waals surface area (Å²) >= 11 is 0. The van der Waals surface area contributed by atoms with Crippen molar-refractivity contribution >= 4 is 19.8 Å². The minimum atomic E-state index is -4.40. The van der Waals surface area contributed by atoms with E-state index in [-0.39, 0.29) is 32.6 Å².